The molecule has 1 N–H and O–H groups in total. The quantitative estimate of drug-likeness (QED) is 0.692. The van der Waals surface area contributed by atoms with Gasteiger partial charge in [-0.15, -0.1) is 11.3 Å². The Morgan fingerprint density at radius 1 is 1.12 bits per heavy atom. The zero-order chi connectivity index (χ0) is 18.4. The number of hydrogen-bond donors (Lipinski definition) is 1. The third-order valence-corrected chi connectivity index (χ3v) is 4.70. The minimum absolute atomic E-state index is 0.174. The number of carbonyl (C=O) groups is 1. The van der Waals surface area contributed by atoms with E-state index in [1.54, 1.807) is 56.1 Å². The molecule has 3 rings (SSSR count). The van der Waals surface area contributed by atoms with Crippen molar-refractivity contribution < 1.29 is 14.3 Å². The van der Waals surface area contributed by atoms with Crippen molar-refractivity contribution in [3.05, 3.63) is 59.4 Å². The van der Waals surface area contributed by atoms with Crippen LogP contribution in [0.2, 0.25) is 0 Å². The second kappa shape index (κ2) is 8.44. The van der Waals surface area contributed by atoms with Crippen molar-refractivity contribution in [1.29, 1.82) is 0 Å². The van der Waals surface area contributed by atoms with Gasteiger partial charge >= 0.3 is 0 Å². The second-order valence-corrected chi connectivity index (χ2v) is 6.35. The van der Waals surface area contributed by atoms with Crippen LogP contribution in [-0.4, -0.2) is 36.6 Å². The Morgan fingerprint density at radius 3 is 2.46 bits per heavy atom. The molecule has 0 aliphatic heterocycles. The van der Waals surface area contributed by atoms with Crippen LogP contribution in [0.15, 0.2) is 48.1 Å². The molecular formula is C19H19N3O3S. The van der Waals surface area contributed by atoms with Crippen LogP contribution in [0.4, 0.5) is 0 Å². The van der Waals surface area contributed by atoms with Crippen LogP contribution in [0.5, 0.6) is 11.5 Å². The third-order valence-electron chi connectivity index (χ3n) is 3.76. The van der Waals surface area contributed by atoms with Gasteiger partial charge in [0, 0.05) is 47.9 Å². The maximum atomic E-state index is 12.4. The molecule has 1 amide bonds. The first-order chi connectivity index (χ1) is 12.7. The second-order valence-electron chi connectivity index (χ2n) is 5.49. The molecule has 0 saturated heterocycles. The lowest BCUT2D eigenvalue weighted by Gasteiger charge is -2.09. The lowest BCUT2D eigenvalue weighted by atomic mass is 10.2. The number of pyridine rings is 1. The van der Waals surface area contributed by atoms with E-state index in [4.69, 9.17) is 9.47 Å². The summed E-state index contributed by atoms with van der Waals surface area (Å²) in [5.41, 5.74) is 2.49. The molecule has 26 heavy (non-hydrogen) atoms. The van der Waals surface area contributed by atoms with E-state index >= 15 is 0 Å². The molecule has 0 spiro atoms. The summed E-state index contributed by atoms with van der Waals surface area (Å²) in [5.74, 6) is 0.985. The number of rotatable bonds is 7. The molecule has 0 atom stereocenters. The number of benzene rings is 1. The molecule has 7 heteroatoms. The van der Waals surface area contributed by atoms with E-state index in [1.807, 2.05) is 17.5 Å². The molecular weight excluding hydrogens is 350 g/mol. The summed E-state index contributed by atoms with van der Waals surface area (Å²) >= 11 is 1.58. The van der Waals surface area contributed by atoms with Crippen LogP contribution in [0.1, 0.15) is 16.1 Å². The maximum Gasteiger partial charge on any atom is 0.251 e. The van der Waals surface area contributed by atoms with Gasteiger partial charge in [-0.3, -0.25) is 9.78 Å². The van der Waals surface area contributed by atoms with E-state index in [0.717, 1.165) is 16.3 Å². The maximum absolute atomic E-state index is 12.4. The predicted molar refractivity (Wildman–Crippen MR) is 101 cm³/mol. The molecule has 3 aromatic rings. The first-order valence-corrected chi connectivity index (χ1v) is 8.93. The highest BCUT2D eigenvalue weighted by Gasteiger charge is 2.10. The smallest absolute Gasteiger partial charge is 0.251 e. The fraction of sp³-hybridized carbons (Fsp3) is 0.211. The minimum Gasteiger partial charge on any atom is -0.497 e. The van der Waals surface area contributed by atoms with Crippen LogP contribution >= 0.6 is 11.3 Å². The van der Waals surface area contributed by atoms with Gasteiger partial charge in [-0.25, -0.2) is 4.98 Å². The standard InChI is InChI=1S/C19H19N3O3S/c1-24-16-9-14(10-17(11-16)25-2)18(23)21-8-5-15-12-26-19(22-15)13-3-6-20-7-4-13/h3-4,6-7,9-12H,5,8H2,1-2H3,(H,21,23). The highest BCUT2D eigenvalue weighted by atomic mass is 32.1. The van der Waals surface area contributed by atoms with E-state index in [9.17, 15) is 4.79 Å². The summed E-state index contributed by atoms with van der Waals surface area (Å²) in [6.45, 7) is 0.498. The summed E-state index contributed by atoms with van der Waals surface area (Å²) < 4.78 is 10.4. The van der Waals surface area contributed by atoms with Crippen LogP contribution < -0.4 is 14.8 Å². The topological polar surface area (TPSA) is 73.3 Å². The normalized spacial score (nSPS) is 10.4. The van der Waals surface area contributed by atoms with E-state index < -0.39 is 0 Å². The lowest BCUT2D eigenvalue weighted by molar-refractivity contribution is 0.0953. The summed E-state index contributed by atoms with van der Waals surface area (Å²) in [6, 6.07) is 8.96. The third kappa shape index (κ3) is 4.37. The van der Waals surface area contributed by atoms with Crippen molar-refractivity contribution in [2.24, 2.45) is 0 Å². The Balaban J connectivity index is 1.58. The summed E-state index contributed by atoms with van der Waals surface area (Å²) in [5, 5.41) is 5.86. The minimum atomic E-state index is -0.174. The molecule has 0 aliphatic rings. The lowest BCUT2D eigenvalue weighted by Crippen LogP contribution is -2.25. The fourth-order valence-corrected chi connectivity index (χ4v) is 3.25. The van der Waals surface area contributed by atoms with Crippen molar-refractivity contribution in [1.82, 2.24) is 15.3 Å². The Labute approximate surface area is 155 Å². The number of hydrogen-bond acceptors (Lipinski definition) is 6. The molecule has 0 saturated carbocycles. The Kier molecular flexibility index (Phi) is 5.80. The van der Waals surface area contributed by atoms with Gasteiger partial charge in [0.15, 0.2) is 0 Å². The fourth-order valence-electron chi connectivity index (χ4n) is 2.39. The molecule has 0 bridgehead atoms. The van der Waals surface area contributed by atoms with Crippen molar-refractivity contribution >= 4 is 17.2 Å². The largest absolute Gasteiger partial charge is 0.497 e. The Morgan fingerprint density at radius 2 is 1.81 bits per heavy atom. The van der Waals surface area contributed by atoms with Gasteiger partial charge in [-0.05, 0) is 24.3 Å². The average molecular weight is 369 g/mol. The van der Waals surface area contributed by atoms with Crippen LogP contribution in [0.25, 0.3) is 10.6 Å². The molecule has 0 radical (unpaired) electrons. The monoisotopic (exact) mass is 369 g/mol. The zero-order valence-corrected chi connectivity index (χ0v) is 15.4. The van der Waals surface area contributed by atoms with Crippen molar-refractivity contribution in [2.45, 2.75) is 6.42 Å². The zero-order valence-electron chi connectivity index (χ0n) is 14.6. The highest BCUT2D eigenvalue weighted by Crippen LogP contribution is 2.23. The van der Waals surface area contributed by atoms with Gasteiger partial charge in [-0.1, -0.05) is 0 Å². The van der Waals surface area contributed by atoms with E-state index in [0.29, 0.717) is 30.0 Å². The SMILES string of the molecule is COc1cc(OC)cc(C(=O)NCCc2csc(-c3ccncc3)n2)c1. The number of amides is 1. The number of ether oxygens (including phenoxy) is 2. The number of nitrogens with one attached hydrogen (secondary N) is 1. The molecule has 6 nitrogen and oxygen atoms in total. The summed E-state index contributed by atoms with van der Waals surface area (Å²) in [4.78, 5) is 21.0. The molecule has 0 unspecified atom stereocenters. The van der Waals surface area contributed by atoms with Crippen LogP contribution in [-0.2, 0) is 6.42 Å². The van der Waals surface area contributed by atoms with Gasteiger partial charge < -0.3 is 14.8 Å². The van der Waals surface area contributed by atoms with E-state index in [2.05, 4.69) is 15.3 Å². The van der Waals surface area contributed by atoms with Crippen molar-refractivity contribution in [3.8, 4) is 22.1 Å². The number of methoxy groups -OCH3 is 2. The van der Waals surface area contributed by atoms with E-state index in [1.165, 1.54) is 0 Å². The van der Waals surface area contributed by atoms with Crippen LogP contribution in [0, 0.1) is 0 Å². The molecule has 0 fully saturated rings. The van der Waals surface area contributed by atoms with Crippen LogP contribution in [0.3, 0.4) is 0 Å². The van der Waals surface area contributed by atoms with Gasteiger partial charge in [0.25, 0.3) is 5.91 Å². The molecule has 0 aliphatic carbocycles. The highest BCUT2D eigenvalue weighted by molar-refractivity contribution is 7.13. The molecule has 134 valence electrons. The molecule has 1 aromatic carbocycles. The van der Waals surface area contributed by atoms with Crippen molar-refractivity contribution in [2.75, 3.05) is 20.8 Å². The van der Waals surface area contributed by atoms with Gasteiger partial charge in [0.2, 0.25) is 0 Å². The molecule has 2 aromatic heterocycles. The van der Waals surface area contributed by atoms with Crippen molar-refractivity contribution in [3.63, 3.8) is 0 Å². The number of carbonyl (C=O) groups excluding carboxylic acids is 1. The number of aromatic nitrogens is 2. The van der Waals surface area contributed by atoms with Gasteiger partial charge in [0.1, 0.15) is 16.5 Å². The first-order valence-electron chi connectivity index (χ1n) is 8.05. The van der Waals surface area contributed by atoms with Gasteiger partial charge in [-0.2, -0.15) is 0 Å². The molecule has 2 heterocycles. The Bertz CT molecular complexity index is 858. The summed E-state index contributed by atoms with van der Waals surface area (Å²) in [6.07, 6.45) is 4.16. The number of thiazole rings is 1. The Hall–Kier alpha value is -2.93. The average Bonchev–Trinajstić information content (AvgIpc) is 3.17. The number of nitrogens with zero attached hydrogens (tertiary/aromatic N) is 2. The van der Waals surface area contributed by atoms with Gasteiger partial charge in [0.05, 0.1) is 19.9 Å². The van der Waals surface area contributed by atoms with E-state index in [-0.39, 0.29) is 5.91 Å². The first kappa shape index (κ1) is 17.9. The summed E-state index contributed by atoms with van der Waals surface area (Å²) in [7, 11) is 3.11. The predicted octanol–water partition coefficient (Wildman–Crippen LogP) is 3.19.